The van der Waals surface area contributed by atoms with Gasteiger partial charge in [0, 0.05) is 36.8 Å². The first-order valence-corrected chi connectivity index (χ1v) is 12.4. The summed E-state index contributed by atoms with van der Waals surface area (Å²) in [6, 6.07) is 5.38. The molecule has 1 aromatic heterocycles. The fourth-order valence-electron chi connectivity index (χ4n) is 3.75. The van der Waals surface area contributed by atoms with E-state index in [0.29, 0.717) is 25.9 Å². The first-order chi connectivity index (χ1) is 18.1. The Morgan fingerprint density at radius 1 is 1.12 bits per heavy atom. The van der Waals surface area contributed by atoms with Crippen LogP contribution in [0.25, 0.3) is 10.9 Å². The number of nitrogens with two attached hydrogens (primary N) is 3. The highest BCUT2D eigenvalue weighted by molar-refractivity contribution is 8.93. The lowest BCUT2D eigenvalue weighted by Gasteiger charge is -2.18. The molecule has 13 nitrogen and oxygen atoms in total. The van der Waals surface area contributed by atoms with Crippen LogP contribution in [0, 0.1) is 0 Å². The fourth-order valence-corrected chi connectivity index (χ4v) is 3.75. The Bertz CT molecular complexity index is 1140. The third kappa shape index (κ3) is 14.7. The topological polar surface area (TPSA) is 220 Å². The highest BCUT2D eigenvalue weighted by Crippen LogP contribution is 2.28. The maximum absolute atomic E-state index is 12.3. The first-order valence-electron chi connectivity index (χ1n) is 12.4. The molecule has 1 heterocycles. The number of nitrogens with one attached hydrogen (secondary N) is 3. The summed E-state index contributed by atoms with van der Waals surface area (Å²) in [5.41, 5.74) is 18.0. The number of hydrogen-bond acceptors (Lipinski definition) is 8. The van der Waals surface area contributed by atoms with Crippen LogP contribution in [0.4, 0.5) is 5.69 Å². The summed E-state index contributed by atoms with van der Waals surface area (Å²) in [6.45, 7) is 2.68. The van der Waals surface area contributed by atoms with Crippen molar-refractivity contribution in [3.05, 3.63) is 30.5 Å². The summed E-state index contributed by atoms with van der Waals surface area (Å²) >= 11 is 0. The minimum Gasteiger partial charge on any atom is -0.497 e. The van der Waals surface area contributed by atoms with Crippen LogP contribution in [0.15, 0.2) is 35.5 Å². The van der Waals surface area contributed by atoms with Gasteiger partial charge in [-0.2, -0.15) is 0 Å². The molecule has 2 rings (SSSR count). The molecular weight excluding hydrogens is 732 g/mol. The number of anilines is 1. The van der Waals surface area contributed by atoms with Crippen molar-refractivity contribution in [2.75, 3.05) is 25.5 Å². The minimum atomic E-state index is -1.39. The lowest BCUT2D eigenvalue weighted by atomic mass is 10.1. The second kappa shape index (κ2) is 21.1. The molecule has 0 saturated heterocycles. The highest BCUT2D eigenvalue weighted by atomic mass is 79.9. The van der Waals surface area contributed by atoms with Gasteiger partial charge in [0.25, 0.3) is 0 Å². The Hall–Kier alpha value is -2.69. The zero-order valence-corrected chi connectivity index (χ0v) is 28.1. The Morgan fingerprint density at radius 3 is 2.46 bits per heavy atom. The van der Waals surface area contributed by atoms with Crippen molar-refractivity contribution in [1.29, 1.82) is 0 Å². The Kier molecular flexibility index (Phi) is 20.8. The molecule has 0 aliphatic heterocycles. The van der Waals surface area contributed by atoms with Gasteiger partial charge in [0.2, 0.25) is 11.8 Å². The number of halogens is 3. The number of fused-ring (bicyclic) bond motifs is 1. The molecule has 2 aromatic rings. The van der Waals surface area contributed by atoms with Gasteiger partial charge >= 0.3 is 5.97 Å². The van der Waals surface area contributed by atoms with Crippen molar-refractivity contribution >= 4 is 91.3 Å². The van der Waals surface area contributed by atoms with Crippen molar-refractivity contribution in [2.45, 2.75) is 57.2 Å². The summed E-state index contributed by atoms with van der Waals surface area (Å²) in [7, 11) is 1.61. The van der Waals surface area contributed by atoms with Gasteiger partial charge in [0.05, 0.1) is 30.8 Å². The van der Waals surface area contributed by atoms with Crippen LogP contribution in [0.5, 0.6) is 5.75 Å². The largest absolute Gasteiger partial charge is 0.497 e. The second-order valence-corrected chi connectivity index (χ2v) is 8.95. The number of methoxy groups -OCH3 is 1. The quantitative estimate of drug-likeness (QED) is 0.0748. The first kappa shape index (κ1) is 40.4. The van der Waals surface area contributed by atoms with Crippen LogP contribution in [-0.2, 0) is 14.4 Å². The molecule has 3 atom stereocenters. The average Bonchev–Trinajstić information content (AvgIpc) is 2.88. The number of aliphatic carboxylic acids is 1. The number of rotatable bonds is 16. The number of guanidine groups is 1. The van der Waals surface area contributed by atoms with Gasteiger partial charge in [0.15, 0.2) is 5.96 Å². The van der Waals surface area contributed by atoms with Gasteiger partial charge in [-0.25, -0.2) is 4.79 Å². The summed E-state index contributed by atoms with van der Waals surface area (Å²) in [5, 5.41) is 18.8. The number of nitrogens with zero attached hydrogens (tertiary/aromatic N) is 2. The monoisotopic (exact) mass is 770 g/mol. The van der Waals surface area contributed by atoms with Crippen LogP contribution in [0.1, 0.15) is 39.0 Å². The number of aliphatic imine (C=N–C) groups is 1. The maximum atomic E-state index is 12.3. The molecule has 10 N–H and O–H groups in total. The predicted octanol–water partition coefficient (Wildman–Crippen LogP) is 2.01. The Balaban J connectivity index is 0. The number of ether oxygens (including phenoxy) is 1. The zero-order valence-electron chi connectivity index (χ0n) is 23.0. The van der Waals surface area contributed by atoms with E-state index in [-0.39, 0.29) is 69.4 Å². The lowest BCUT2D eigenvalue weighted by Crippen LogP contribution is -2.50. The molecule has 41 heavy (non-hydrogen) atoms. The highest BCUT2D eigenvalue weighted by Gasteiger charge is 2.25. The van der Waals surface area contributed by atoms with E-state index < -0.39 is 36.3 Å². The predicted molar refractivity (Wildman–Crippen MR) is 177 cm³/mol. The molecule has 0 saturated carbocycles. The van der Waals surface area contributed by atoms with Crippen molar-refractivity contribution < 1.29 is 24.2 Å². The second-order valence-electron chi connectivity index (χ2n) is 8.95. The Morgan fingerprint density at radius 2 is 1.83 bits per heavy atom. The van der Waals surface area contributed by atoms with Crippen LogP contribution in [-0.4, -0.2) is 72.2 Å². The summed E-state index contributed by atoms with van der Waals surface area (Å²) in [6.07, 6.45) is 3.42. The van der Waals surface area contributed by atoms with Crippen molar-refractivity contribution in [2.24, 2.45) is 22.2 Å². The molecule has 0 fully saturated rings. The normalized spacial score (nSPS) is 12.2. The molecule has 0 aliphatic rings. The number of aromatic nitrogens is 1. The molecule has 16 heteroatoms. The third-order valence-electron chi connectivity index (χ3n) is 5.76. The van der Waals surface area contributed by atoms with Crippen molar-refractivity contribution in [1.82, 2.24) is 15.6 Å². The van der Waals surface area contributed by atoms with E-state index in [0.717, 1.165) is 28.8 Å². The van der Waals surface area contributed by atoms with Gasteiger partial charge in [-0.05, 0) is 44.7 Å². The minimum absolute atomic E-state index is 0. The van der Waals surface area contributed by atoms with Gasteiger partial charge in [-0.3, -0.25) is 19.6 Å². The van der Waals surface area contributed by atoms with Gasteiger partial charge in [0.1, 0.15) is 11.8 Å². The van der Waals surface area contributed by atoms with E-state index >= 15 is 0 Å². The number of carbonyl (C=O) groups excluding carboxylic acids is 2. The van der Waals surface area contributed by atoms with Gasteiger partial charge in [-0.15, -0.1) is 50.9 Å². The number of amides is 2. The van der Waals surface area contributed by atoms with Crippen LogP contribution in [0.2, 0.25) is 0 Å². The van der Waals surface area contributed by atoms with Gasteiger partial charge in [-0.1, -0.05) is 6.07 Å². The summed E-state index contributed by atoms with van der Waals surface area (Å²) < 4.78 is 5.38. The van der Waals surface area contributed by atoms with Gasteiger partial charge < -0.3 is 43.0 Å². The number of carboxylic acids is 1. The number of hydrogen-bond donors (Lipinski definition) is 7. The van der Waals surface area contributed by atoms with Crippen molar-refractivity contribution in [3.63, 3.8) is 0 Å². The van der Waals surface area contributed by atoms with Crippen molar-refractivity contribution in [3.8, 4) is 5.75 Å². The fraction of sp³-hybridized carbons (Fsp3) is 0.480. The van der Waals surface area contributed by atoms with E-state index in [9.17, 15) is 19.5 Å². The summed E-state index contributed by atoms with van der Waals surface area (Å²) in [5.74, 6) is -1.80. The maximum Gasteiger partial charge on any atom is 0.326 e. The zero-order chi connectivity index (χ0) is 28.1. The molecule has 0 spiro atoms. The number of carbonyl (C=O) groups is 3. The smallest absolute Gasteiger partial charge is 0.326 e. The standard InChI is InChI=1S/C25H38N8O5.3BrH/c1-15(32-19-13-17(38-2)12-16-7-4-10-30-22(16)19)6-3-9-29-21(34)14-20(24(36)37)33-23(35)18(26)8-5-11-31-25(27)28;;;/h4,7,10,12-13,15,18,20,32H,3,5-6,8-9,11,14,26H2,1-2H3,(H,29,34)(H,33,35)(H,36,37)(H4,27,28,31);3*1H/t15?,18-,20+;;;/m1.../s1. The molecule has 2 amide bonds. The molecule has 1 unspecified atom stereocenters. The average molecular weight is 773 g/mol. The SMILES string of the molecule is Br.Br.Br.COc1cc(NC(C)CCCNC(=O)C[C@H](NC(=O)[C@H](N)CCCN=C(N)N)C(=O)O)c2ncccc2c1. The third-order valence-corrected chi connectivity index (χ3v) is 5.76. The molecule has 0 bridgehead atoms. The molecule has 1 aromatic carbocycles. The van der Waals surface area contributed by atoms with E-state index in [1.807, 2.05) is 31.2 Å². The molecule has 232 valence electrons. The molecule has 0 radical (unpaired) electrons. The van der Waals surface area contributed by atoms with Crippen LogP contribution >= 0.6 is 50.9 Å². The Labute approximate surface area is 271 Å². The number of pyridine rings is 1. The van der Waals surface area contributed by atoms with E-state index in [2.05, 4.69) is 25.9 Å². The summed E-state index contributed by atoms with van der Waals surface area (Å²) in [4.78, 5) is 44.3. The number of benzene rings is 1. The molecule has 0 aliphatic carbocycles. The van der Waals surface area contributed by atoms with E-state index in [1.54, 1.807) is 13.3 Å². The molecular formula is C25H41Br3N8O5. The van der Waals surface area contributed by atoms with Crippen LogP contribution in [0.3, 0.4) is 0 Å². The van der Waals surface area contributed by atoms with E-state index in [1.165, 1.54) is 0 Å². The number of carboxylic acid groups (broad SMARTS) is 1. The lowest BCUT2D eigenvalue weighted by molar-refractivity contribution is -0.143. The van der Waals surface area contributed by atoms with E-state index in [4.69, 9.17) is 21.9 Å². The van der Waals surface area contributed by atoms with Crippen LogP contribution < -0.4 is 37.9 Å².